The van der Waals surface area contributed by atoms with Crippen molar-refractivity contribution in [2.75, 3.05) is 0 Å². The fourth-order valence-corrected chi connectivity index (χ4v) is 2.77. The van der Waals surface area contributed by atoms with E-state index in [-0.39, 0.29) is 5.75 Å². The topological polar surface area (TPSA) is 49.7 Å². The molecule has 3 heteroatoms. The van der Waals surface area contributed by atoms with Gasteiger partial charge in [-0.3, -0.25) is 0 Å². The molecule has 0 amide bonds. The van der Waals surface area contributed by atoms with Crippen LogP contribution >= 0.6 is 0 Å². The lowest BCUT2D eigenvalue weighted by Gasteiger charge is -2.37. The van der Waals surface area contributed by atoms with E-state index < -0.39 is 11.7 Å². The standard InChI is InChI=1S/C20H22O3/c1-20(2)19(22)12-16-11-15(17(21)13-18(16)23-20)10-6-9-14-7-4-3-5-8-14/h3-9,11,13,19,21-22H,10,12H2,1-2H3. The Morgan fingerprint density at radius 3 is 2.70 bits per heavy atom. The van der Waals surface area contributed by atoms with E-state index >= 15 is 0 Å². The highest BCUT2D eigenvalue weighted by molar-refractivity contribution is 5.52. The van der Waals surface area contributed by atoms with Crippen molar-refractivity contribution < 1.29 is 14.9 Å². The molecule has 1 aliphatic heterocycles. The Kier molecular flexibility index (Phi) is 4.14. The highest BCUT2D eigenvalue weighted by Gasteiger charge is 2.35. The van der Waals surface area contributed by atoms with Crippen molar-refractivity contribution in [1.29, 1.82) is 0 Å². The molecule has 0 bridgehead atoms. The minimum absolute atomic E-state index is 0.230. The summed E-state index contributed by atoms with van der Waals surface area (Å²) in [5.41, 5.74) is 2.28. The van der Waals surface area contributed by atoms with Gasteiger partial charge in [-0.25, -0.2) is 0 Å². The summed E-state index contributed by atoms with van der Waals surface area (Å²) in [7, 11) is 0. The molecule has 1 heterocycles. The Balaban J connectivity index is 1.79. The maximum Gasteiger partial charge on any atom is 0.129 e. The van der Waals surface area contributed by atoms with Crippen LogP contribution in [0.25, 0.3) is 6.08 Å². The van der Waals surface area contributed by atoms with Gasteiger partial charge in [0.1, 0.15) is 17.1 Å². The molecule has 3 nitrogen and oxygen atoms in total. The molecule has 0 fully saturated rings. The normalized spacial score (nSPS) is 19.3. The van der Waals surface area contributed by atoms with Gasteiger partial charge in [0.2, 0.25) is 0 Å². The molecule has 120 valence electrons. The van der Waals surface area contributed by atoms with E-state index in [2.05, 4.69) is 0 Å². The third-order valence-electron chi connectivity index (χ3n) is 4.30. The molecule has 0 aliphatic carbocycles. The summed E-state index contributed by atoms with van der Waals surface area (Å²) < 4.78 is 5.81. The van der Waals surface area contributed by atoms with Gasteiger partial charge in [-0.15, -0.1) is 0 Å². The summed E-state index contributed by atoms with van der Waals surface area (Å²) in [6.45, 7) is 3.71. The van der Waals surface area contributed by atoms with Crippen LogP contribution in [-0.4, -0.2) is 21.9 Å². The van der Waals surface area contributed by atoms with Gasteiger partial charge >= 0.3 is 0 Å². The number of phenolic OH excluding ortho intramolecular Hbond substituents is 1. The van der Waals surface area contributed by atoms with Gasteiger partial charge in [0.25, 0.3) is 0 Å². The molecular weight excluding hydrogens is 288 g/mol. The van der Waals surface area contributed by atoms with E-state index in [0.29, 0.717) is 18.6 Å². The summed E-state index contributed by atoms with van der Waals surface area (Å²) in [6.07, 6.45) is 4.69. The maximum absolute atomic E-state index is 10.2. The first kappa shape index (κ1) is 15.6. The van der Waals surface area contributed by atoms with Crippen molar-refractivity contribution in [3.63, 3.8) is 0 Å². The van der Waals surface area contributed by atoms with Crippen LogP contribution in [0.4, 0.5) is 0 Å². The average Bonchev–Trinajstić information content (AvgIpc) is 2.51. The second-order valence-electron chi connectivity index (χ2n) is 6.53. The lowest BCUT2D eigenvalue weighted by Crippen LogP contribution is -2.46. The Labute approximate surface area is 136 Å². The van der Waals surface area contributed by atoms with E-state index in [0.717, 1.165) is 16.7 Å². The van der Waals surface area contributed by atoms with Crippen LogP contribution in [0.3, 0.4) is 0 Å². The minimum atomic E-state index is -0.631. The second-order valence-corrected chi connectivity index (χ2v) is 6.53. The van der Waals surface area contributed by atoms with E-state index in [1.807, 2.05) is 62.4 Å². The van der Waals surface area contributed by atoms with Crippen LogP contribution in [0.15, 0.2) is 48.5 Å². The molecule has 3 rings (SSSR count). The molecule has 2 N–H and O–H groups in total. The van der Waals surface area contributed by atoms with Crippen LogP contribution in [0.1, 0.15) is 30.5 Å². The molecule has 23 heavy (non-hydrogen) atoms. The maximum atomic E-state index is 10.2. The number of rotatable bonds is 3. The lowest BCUT2D eigenvalue weighted by molar-refractivity contribution is -0.0412. The summed E-state index contributed by atoms with van der Waals surface area (Å²) in [6, 6.07) is 13.6. The van der Waals surface area contributed by atoms with Crippen LogP contribution in [0.2, 0.25) is 0 Å². The van der Waals surface area contributed by atoms with Crippen molar-refractivity contribution in [1.82, 2.24) is 0 Å². The average molecular weight is 310 g/mol. The molecule has 1 unspecified atom stereocenters. The summed E-state index contributed by atoms with van der Waals surface area (Å²) in [5, 5.41) is 20.4. The van der Waals surface area contributed by atoms with E-state index in [1.165, 1.54) is 0 Å². The number of aliphatic hydroxyl groups excluding tert-OH is 1. The largest absolute Gasteiger partial charge is 0.508 e. The summed E-state index contributed by atoms with van der Waals surface area (Å²) >= 11 is 0. The summed E-state index contributed by atoms with van der Waals surface area (Å²) in [5.74, 6) is 0.891. The minimum Gasteiger partial charge on any atom is -0.508 e. The Bertz CT molecular complexity index is 717. The third kappa shape index (κ3) is 3.40. The fourth-order valence-electron chi connectivity index (χ4n) is 2.77. The van der Waals surface area contributed by atoms with Crippen LogP contribution in [0.5, 0.6) is 11.5 Å². The number of hydrogen-bond donors (Lipinski definition) is 2. The Morgan fingerprint density at radius 2 is 1.96 bits per heavy atom. The predicted octanol–water partition coefficient (Wildman–Crippen LogP) is 3.72. The first-order chi connectivity index (χ1) is 11.0. The van der Waals surface area contributed by atoms with Gasteiger partial charge in [-0.2, -0.15) is 0 Å². The molecular formula is C20H22O3. The highest BCUT2D eigenvalue weighted by Crippen LogP contribution is 2.37. The number of phenols is 1. The van der Waals surface area contributed by atoms with Gasteiger partial charge in [-0.05, 0) is 43.0 Å². The predicted molar refractivity (Wildman–Crippen MR) is 91.7 cm³/mol. The number of allylic oxidation sites excluding steroid dienone is 1. The molecule has 0 aromatic heterocycles. The summed E-state index contributed by atoms with van der Waals surface area (Å²) in [4.78, 5) is 0. The quantitative estimate of drug-likeness (QED) is 0.908. The van der Waals surface area contributed by atoms with Crippen LogP contribution in [-0.2, 0) is 12.8 Å². The zero-order valence-corrected chi connectivity index (χ0v) is 13.5. The number of ether oxygens (including phenoxy) is 1. The van der Waals surface area contributed by atoms with Crippen LogP contribution in [0, 0.1) is 0 Å². The van der Waals surface area contributed by atoms with Gasteiger partial charge in [-0.1, -0.05) is 42.5 Å². The second kappa shape index (κ2) is 6.09. The smallest absolute Gasteiger partial charge is 0.129 e. The number of fused-ring (bicyclic) bond motifs is 1. The van der Waals surface area contributed by atoms with Gasteiger partial charge in [0.05, 0.1) is 6.10 Å². The molecule has 1 aliphatic rings. The molecule has 0 radical (unpaired) electrons. The molecule has 0 saturated carbocycles. The van der Waals surface area contributed by atoms with E-state index in [1.54, 1.807) is 6.07 Å². The zero-order chi connectivity index (χ0) is 16.4. The van der Waals surface area contributed by atoms with Gasteiger partial charge in [0, 0.05) is 12.5 Å². The Hall–Kier alpha value is -2.26. The van der Waals surface area contributed by atoms with Crippen molar-refractivity contribution in [3.05, 3.63) is 65.2 Å². The van der Waals surface area contributed by atoms with Crippen LogP contribution < -0.4 is 4.74 Å². The highest BCUT2D eigenvalue weighted by atomic mass is 16.5. The lowest BCUT2D eigenvalue weighted by atomic mass is 9.90. The number of aliphatic hydroxyl groups is 1. The number of hydrogen-bond acceptors (Lipinski definition) is 3. The fraction of sp³-hybridized carbons (Fsp3) is 0.300. The Morgan fingerprint density at radius 1 is 1.22 bits per heavy atom. The third-order valence-corrected chi connectivity index (χ3v) is 4.30. The van der Waals surface area contributed by atoms with Crippen molar-refractivity contribution in [3.8, 4) is 11.5 Å². The number of aromatic hydroxyl groups is 1. The van der Waals surface area contributed by atoms with Gasteiger partial charge in [0.15, 0.2) is 0 Å². The SMILES string of the molecule is CC1(C)Oc2cc(O)c(CC=Cc3ccccc3)cc2CC1O. The molecule has 2 aromatic carbocycles. The van der Waals surface area contributed by atoms with E-state index in [9.17, 15) is 10.2 Å². The van der Waals surface area contributed by atoms with E-state index in [4.69, 9.17) is 4.74 Å². The molecule has 2 aromatic rings. The monoisotopic (exact) mass is 310 g/mol. The van der Waals surface area contributed by atoms with Gasteiger partial charge < -0.3 is 14.9 Å². The molecule has 0 spiro atoms. The van der Waals surface area contributed by atoms with Crippen molar-refractivity contribution in [2.24, 2.45) is 0 Å². The number of benzene rings is 2. The first-order valence-electron chi connectivity index (χ1n) is 7.89. The molecule has 0 saturated heterocycles. The first-order valence-corrected chi connectivity index (χ1v) is 7.89. The van der Waals surface area contributed by atoms with Crippen molar-refractivity contribution in [2.45, 2.75) is 38.4 Å². The zero-order valence-electron chi connectivity index (χ0n) is 13.5. The van der Waals surface area contributed by atoms with Crippen molar-refractivity contribution >= 4 is 6.08 Å². The molecule has 1 atom stereocenters.